The number of hydrogen-bond acceptors (Lipinski definition) is 5. The van der Waals surface area contributed by atoms with Gasteiger partial charge in [0, 0.05) is 42.0 Å². The van der Waals surface area contributed by atoms with Crippen LogP contribution in [0, 0.1) is 5.82 Å². The summed E-state index contributed by atoms with van der Waals surface area (Å²) in [7, 11) is 1.70. The molecule has 172 valence electrons. The van der Waals surface area contributed by atoms with Gasteiger partial charge in [-0.1, -0.05) is 18.2 Å². The smallest absolute Gasteiger partial charge is 0.251 e. The van der Waals surface area contributed by atoms with E-state index in [1.54, 1.807) is 48.3 Å². The zero-order valence-electron chi connectivity index (χ0n) is 18.4. The fraction of sp³-hybridized carbons (Fsp3) is 0.231. The Kier molecular flexibility index (Phi) is 4.52. The number of likely N-dealkylation sites (N-methyl/N-ethyl adjacent to an activating group) is 1. The lowest BCUT2D eigenvalue weighted by Crippen LogP contribution is -2.42. The number of nitrogens with zero attached hydrogens (tertiary/aromatic N) is 1. The number of carbonyl (C=O) groups excluding carboxylic acids is 2. The summed E-state index contributed by atoms with van der Waals surface area (Å²) in [5.41, 5.74) is 1.91. The minimum atomic E-state index is -1.17. The Morgan fingerprint density at radius 1 is 1.03 bits per heavy atom. The maximum Gasteiger partial charge on any atom is 0.251 e. The first-order valence-corrected chi connectivity index (χ1v) is 11.0. The largest absolute Gasteiger partial charge is 0.491 e. The predicted molar refractivity (Wildman–Crippen MR) is 121 cm³/mol. The van der Waals surface area contributed by atoms with Crippen molar-refractivity contribution in [3.05, 3.63) is 82.7 Å². The predicted octanol–water partition coefficient (Wildman–Crippen LogP) is 3.18. The molecule has 1 unspecified atom stereocenters. The van der Waals surface area contributed by atoms with Crippen molar-refractivity contribution in [2.75, 3.05) is 31.8 Å². The van der Waals surface area contributed by atoms with Crippen LogP contribution in [0.1, 0.15) is 27.0 Å². The number of anilines is 1. The molecule has 0 saturated heterocycles. The van der Waals surface area contributed by atoms with E-state index in [0.717, 1.165) is 5.56 Å². The van der Waals surface area contributed by atoms with Crippen LogP contribution in [0.2, 0.25) is 0 Å². The van der Waals surface area contributed by atoms with Gasteiger partial charge in [0.25, 0.3) is 5.91 Å². The highest BCUT2D eigenvalue weighted by Gasteiger charge is 2.58. The van der Waals surface area contributed by atoms with E-state index in [2.05, 4.69) is 5.32 Å². The molecule has 1 spiro atoms. The summed E-state index contributed by atoms with van der Waals surface area (Å²) in [6, 6.07) is 14.8. The van der Waals surface area contributed by atoms with E-state index in [1.165, 1.54) is 12.1 Å². The fourth-order valence-electron chi connectivity index (χ4n) is 5.01. The maximum absolute atomic E-state index is 13.7. The molecule has 0 radical (unpaired) electrons. The van der Waals surface area contributed by atoms with Gasteiger partial charge < -0.3 is 24.4 Å². The molecular weight excluding hydrogens is 439 g/mol. The molecule has 6 rings (SSSR count). The Labute approximate surface area is 195 Å². The van der Waals surface area contributed by atoms with E-state index in [1.807, 2.05) is 6.07 Å². The molecule has 3 aromatic rings. The van der Waals surface area contributed by atoms with Gasteiger partial charge in [-0.25, -0.2) is 4.39 Å². The number of amides is 2. The second kappa shape index (κ2) is 7.48. The van der Waals surface area contributed by atoms with E-state index < -0.39 is 5.41 Å². The summed E-state index contributed by atoms with van der Waals surface area (Å²) in [5.74, 6) is 0.839. The normalized spacial score (nSPS) is 19.6. The van der Waals surface area contributed by atoms with Crippen LogP contribution in [-0.4, -0.2) is 38.7 Å². The first-order valence-electron chi connectivity index (χ1n) is 11.0. The van der Waals surface area contributed by atoms with E-state index in [9.17, 15) is 14.0 Å². The van der Waals surface area contributed by atoms with Crippen LogP contribution in [0.5, 0.6) is 17.2 Å². The molecule has 3 aliphatic rings. The van der Waals surface area contributed by atoms with Crippen molar-refractivity contribution in [1.29, 1.82) is 0 Å². The maximum atomic E-state index is 13.7. The molecule has 0 saturated carbocycles. The third-order valence-electron chi connectivity index (χ3n) is 6.66. The van der Waals surface area contributed by atoms with Crippen molar-refractivity contribution < 1.29 is 28.2 Å². The Morgan fingerprint density at radius 3 is 2.53 bits per heavy atom. The van der Waals surface area contributed by atoms with E-state index >= 15 is 0 Å². The Morgan fingerprint density at radius 2 is 1.76 bits per heavy atom. The number of halogens is 1. The molecule has 8 heteroatoms. The minimum absolute atomic E-state index is 0.0731. The van der Waals surface area contributed by atoms with Crippen molar-refractivity contribution in [3.8, 4) is 17.2 Å². The van der Waals surface area contributed by atoms with Crippen LogP contribution in [0.3, 0.4) is 0 Å². The van der Waals surface area contributed by atoms with Crippen molar-refractivity contribution >= 4 is 17.5 Å². The molecule has 3 heterocycles. The van der Waals surface area contributed by atoms with Gasteiger partial charge in [-0.15, -0.1) is 0 Å². The minimum Gasteiger partial charge on any atom is -0.491 e. The molecule has 0 aromatic heterocycles. The molecule has 7 nitrogen and oxygen atoms in total. The van der Waals surface area contributed by atoms with Crippen LogP contribution in [-0.2, 0) is 16.8 Å². The Bertz CT molecular complexity index is 1340. The number of benzene rings is 3. The van der Waals surface area contributed by atoms with Gasteiger partial charge >= 0.3 is 0 Å². The second-order valence-corrected chi connectivity index (χ2v) is 8.56. The number of nitrogens with one attached hydrogen (secondary N) is 1. The summed E-state index contributed by atoms with van der Waals surface area (Å²) >= 11 is 0. The number of hydrogen-bond donors (Lipinski definition) is 1. The van der Waals surface area contributed by atoms with E-state index in [0.29, 0.717) is 52.8 Å². The summed E-state index contributed by atoms with van der Waals surface area (Å²) in [4.78, 5) is 28.6. The van der Waals surface area contributed by atoms with Crippen molar-refractivity contribution in [1.82, 2.24) is 5.32 Å². The average molecular weight is 460 g/mol. The van der Waals surface area contributed by atoms with Crippen LogP contribution in [0.25, 0.3) is 0 Å². The highest BCUT2D eigenvalue weighted by molar-refractivity contribution is 6.14. The number of carbonyl (C=O) groups is 2. The van der Waals surface area contributed by atoms with Crippen molar-refractivity contribution in [2.45, 2.75) is 12.0 Å². The van der Waals surface area contributed by atoms with Crippen molar-refractivity contribution in [3.63, 3.8) is 0 Å². The zero-order chi connectivity index (χ0) is 23.4. The SMILES string of the molecule is CN1C(=O)C2(COc3cc4c(cc32)OCCO4)c2c(C(=O)NCc3ccc(F)cc3)cccc21. The van der Waals surface area contributed by atoms with Gasteiger partial charge in [0.05, 0.1) is 0 Å². The van der Waals surface area contributed by atoms with Gasteiger partial charge in [-0.3, -0.25) is 9.59 Å². The number of ether oxygens (including phenoxy) is 3. The first-order chi connectivity index (χ1) is 16.5. The van der Waals surface area contributed by atoms with Crippen LogP contribution in [0.4, 0.5) is 10.1 Å². The number of fused-ring (bicyclic) bond motifs is 5. The summed E-state index contributed by atoms with van der Waals surface area (Å²) in [6.07, 6.45) is 0. The second-order valence-electron chi connectivity index (χ2n) is 8.56. The topological polar surface area (TPSA) is 77.1 Å². The van der Waals surface area contributed by atoms with Crippen molar-refractivity contribution in [2.24, 2.45) is 0 Å². The third-order valence-corrected chi connectivity index (χ3v) is 6.66. The van der Waals surface area contributed by atoms with Crippen LogP contribution in [0.15, 0.2) is 54.6 Å². The van der Waals surface area contributed by atoms with Crippen LogP contribution >= 0.6 is 0 Å². The highest BCUT2D eigenvalue weighted by atomic mass is 19.1. The highest BCUT2D eigenvalue weighted by Crippen LogP contribution is 2.55. The number of rotatable bonds is 3. The quantitative estimate of drug-likeness (QED) is 0.650. The lowest BCUT2D eigenvalue weighted by Gasteiger charge is -2.25. The molecule has 2 amide bonds. The molecule has 1 atom stereocenters. The summed E-state index contributed by atoms with van der Waals surface area (Å²) in [6.45, 7) is 1.16. The van der Waals surface area contributed by atoms with E-state index in [-0.39, 0.29) is 30.8 Å². The molecule has 0 fully saturated rings. The van der Waals surface area contributed by atoms with Gasteiger partial charge in [0.1, 0.15) is 36.8 Å². The molecule has 1 N–H and O–H groups in total. The molecule has 34 heavy (non-hydrogen) atoms. The van der Waals surface area contributed by atoms with Gasteiger partial charge in [0.15, 0.2) is 11.5 Å². The molecule has 0 bridgehead atoms. The first kappa shape index (κ1) is 20.5. The fourth-order valence-corrected chi connectivity index (χ4v) is 5.01. The molecule has 0 aliphatic carbocycles. The molecule has 3 aromatic carbocycles. The van der Waals surface area contributed by atoms with Gasteiger partial charge in [0.2, 0.25) is 5.91 Å². The summed E-state index contributed by atoms with van der Waals surface area (Å²) < 4.78 is 30.7. The third kappa shape index (κ3) is 2.88. The molecule has 3 aliphatic heterocycles. The van der Waals surface area contributed by atoms with Gasteiger partial charge in [-0.05, 0) is 35.9 Å². The average Bonchev–Trinajstić information content (AvgIpc) is 3.33. The zero-order valence-corrected chi connectivity index (χ0v) is 18.4. The monoisotopic (exact) mass is 460 g/mol. The summed E-state index contributed by atoms with van der Waals surface area (Å²) in [5, 5.41) is 2.90. The van der Waals surface area contributed by atoms with Crippen LogP contribution < -0.4 is 24.4 Å². The van der Waals surface area contributed by atoms with E-state index in [4.69, 9.17) is 14.2 Å². The van der Waals surface area contributed by atoms with Gasteiger partial charge in [-0.2, -0.15) is 0 Å². The Balaban J connectivity index is 1.43. The molecular formula is C26H21FN2O5. The standard InChI is InChI=1S/C26H21FN2O5/c1-29-19-4-2-3-17(24(30)28-13-15-5-7-16(27)8-6-15)23(19)26(25(29)31)14-34-20-12-22-21(11-18(20)26)32-9-10-33-22/h2-8,11-12H,9-10,13-14H2,1H3,(H,28,30). The lowest BCUT2D eigenvalue weighted by atomic mass is 9.75. The Hall–Kier alpha value is -4.07. The lowest BCUT2D eigenvalue weighted by molar-refractivity contribution is -0.121.